The highest BCUT2D eigenvalue weighted by Gasteiger charge is 2.13. The van der Waals surface area contributed by atoms with E-state index in [1.165, 1.54) is 7.11 Å². The molecule has 0 fully saturated rings. The third kappa shape index (κ3) is 3.39. The van der Waals surface area contributed by atoms with Crippen molar-refractivity contribution in [2.24, 2.45) is 0 Å². The van der Waals surface area contributed by atoms with E-state index in [1.807, 2.05) is 19.1 Å². The van der Waals surface area contributed by atoms with Crippen LogP contribution in [-0.4, -0.2) is 27.0 Å². The number of fused-ring (bicyclic) bond motifs is 1. The number of aromatic nitrogens is 4. The lowest BCUT2D eigenvalue weighted by Gasteiger charge is -2.16. The van der Waals surface area contributed by atoms with Gasteiger partial charge >= 0.3 is 6.01 Å². The van der Waals surface area contributed by atoms with E-state index in [9.17, 15) is 0 Å². The predicted molar refractivity (Wildman–Crippen MR) is 92.6 cm³/mol. The maximum atomic E-state index is 5.10. The molecule has 0 aliphatic heterocycles. The second-order valence-electron chi connectivity index (χ2n) is 5.13. The van der Waals surface area contributed by atoms with Crippen LogP contribution in [0, 0.1) is 6.92 Å². The molecule has 23 heavy (non-hydrogen) atoms. The number of ether oxygens (including phenoxy) is 1. The molecule has 1 aromatic carbocycles. The normalized spacial score (nSPS) is 12.2. The van der Waals surface area contributed by atoms with Crippen molar-refractivity contribution in [2.75, 3.05) is 12.4 Å². The number of hydrogen-bond donors (Lipinski definition) is 1. The summed E-state index contributed by atoms with van der Waals surface area (Å²) in [5, 5.41) is 3.40. The Morgan fingerprint density at radius 2 is 2.04 bits per heavy atom. The van der Waals surface area contributed by atoms with Crippen LogP contribution in [0.3, 0.4) is 0 Å². The van der Waals surface area contributed by atoms with Crippen LogP contribution in [0.15, 0.2) is 34.9 Å². The van der Waals surface area contributed by atoms with Crippen LogP contribution in [0.4, 0.5) is 5.82 Å². The summed E-state index contributed by atoms with van der Waals surface area (Å²) in [6.45, 7) is 3.92. The van der Waals surface area contributed by atoms with Gasteiger partial charge in [-0.1, -0.05) is 28.1 Å². The van der Waals surface area contributed by atoms with Crippen molar-refractivity contribution < 1.29 is 4.74 Å². The molecule has 0 saturated heterocycles. The Morgan fingerprint density at radius 3 is 2.78 bits per heavy atom. The number of nitrogens with one attached hydrogen (secondary N) is 1. The van der Waals surface area contributed by atoms with Gasteiger partial charge in [0, 0.05) is 4.47 Å². The lowest BCUT2D eigenvalue weighted by Crippen LogP contribution is -2.10. The average Bonchev–Trinajstić information content (AvgIpc) is 2.54. The molecule has 0 radical (unpaired) electrons. The van der Waals surface area contributed by atoms with E-state index in [4.69, 9.17) is 4.74 Å². The van der Waals surface area contributed by atoms with Gasteiger partial charge in [0.25, 0.3) is 0 Å². The second-order valence-corrected chi connectivity index (χ2v) is 6.05. The molecule has 2 aromatic heterocycles. The molecule has 3 aromatic rings. The summed E-state index contributed by atoms with van der Waals surface area (Å²) in [6.07, 6.45) is 1.64. The standard InChI is InChI=1S/C16H16BrN5O/c1-9(11-5-4-6-12(17)7-11)19-15-14-13(20-10(2)21-15)8-18-16(22-14)23-3/h4-9H,1-3H3,(H,19,20,21). The van der Waals surface area contributed by atoms with E-state index < -0.39 is 0 Å². The van der Waals surface area contributed by atoms with Gasteiger partial charge in [-0.05, 0) is 31.5 Å². The first-order chi connectivity index (χ1) is 11.1. The topological polar surface area (TPSA) is 72.8 Å². The largest absolute Gasteiger partial charge is 0.467 e. The molecule has 3 rings (SSSR count). The first-order valence-corrected chi connectivity index (χ1v) is 7.93. The summed E-state index contributed by atoms with van der Waals surface area (Å²) in [4.78, 5) is 17.3. The summed E-state index contributed by atoms with van der Waals surface area (Å²) in [5.74, 6) is 1.33. The minimum Gasteiger partial charge on any atom is -0.467 e. The number of nitrogens with zero attached hydrogens (tertiary/aromatic N) is 4. The number of halogens is 1. The monoisotopic (exact) mass is 373 g/mol. The van der Waals surface area contributed by atoms with E-state index in [2.05, 4.69) is 60.2 Å². The molecular weight excluding hydrogens is 358 g/mol. The number of hydrogen-bond acceptors (Lipinski definition) is 6. The molecular formula is C16H16BrN5O. The summed E-state index contributed by atoms with van der Waals surface area (Å²) < 4.78 is 6.14. The van der Waals surface area contributed by atoms with E-state index in [0.717, 1.165) is 10.0 Å². The Bertz CT molecular complexity index is 855. The van der Waals surface area contributed by atoms with Crippen LogP contribution in [0.25, 0.3) is 11.0 Å². The van der Waals surface area contributed by atoms with Gasteiger partial charge in [-0.2, -0.15) is 4.98 Å². The van der Waals surface area contributed by atoms with Gasteiger partial charge in [-0.25, -0.2) is 15.0 Å². The van der Waals surface area contributed by atoms with E-state index >= 15 is 0 Å². The van der Waals surface area contributed by atoms with Crippen molar-refractivity contribution in [2.45, 2.75) is 19.9 Å². The van der Waals surface area contributed by atoms with Gasteiger partial charge in [-0.15, -0.1) is 0 Å². The Morgan fingerprint density at radius 1 is 1.22 bits per heavy atom. The maximum absolute atomic E-state index is 5.10. The molecule has 0 aliphatic rings. The highest BCUT2D eigenvalue weighted by molar-refractivity contribution is 9.10. The van der Waals surface area contributed by atoms with Gasteiger partial charge in [0.05, 0.1) is 19.3 Å². The maximum Gasteiger partial charge on any atom is 0.316 e. The third-order valence-electron chi connectivity index (χ3n) is 3.41. The number of anilines is 1. The molecule has 0 aliphatic carbocycles. The minimum absolute atomic E-state index is 0.0611. The van der Waals surface area contributed by atoms with E-state index in [0.29, 0.717) is 28.7 Å². The highest BCUT2D eigenvalue weighted by atomic mass is 79.9. The lowest BCUT2D eigenvalue weighted by atomic mass is 10.1. The number of aryl methyl sites for hydroxylation is 1. The fraction of sp³-hybridized carbons (Fsp3) is 0.250. The molecule has 1 unspecified atom stereocenters. The zero-order chi connectivity index (χ0) is 16.4. The van der Waals surface area contributed by atoms with Gasteiger partial charge in [-0.3, -0.25) is 0 Å². The molecule has 0 saturated carbocycles. The molecule has 6 nitrogen and oxygen atoms in total. The van der Waals surface area contributed by atoms with Crippen molar-refractivity contribution in [1.29, 1.82) is 0 Å². The summed E-state index contributed by atoms with van der Waals surface area (Å²) in [5.41, 5.74) is 2.47. The first kappa shape index (κ1) is 15.6. The first-order valence-electron chi connectivity index (χ1n) is 7.14. The number of methoxy groups -OCH3 is 1. The summed E-state index contributed by atoms with van der Waals surface area (Å²) in [6, 6.07) is 8.50. The van der Waals surface area contributed by atoms with E-state index in [1.54, 1.807) is 6.20 Å². The van der Waals surface area contributed by atoms with Crippen LogP contribution < -0.4 is 10.1 Å². The lowest BCUT2D eigenvalue weighted by molar-refractivity contribution is 0.381. The molecule has 1 atom stereocenters. The molecule has 0 bridgehead atoms. The Balaban J connectivity index is 2.01. The van der Waals surface area contributed by atoms with Crippen molar-refractivity contribution >= 4 is 32.8 Å². The highest BCUT2D eigenvalue weighted by Crippen LogP contribution is 2.25. The average molecular weight is 374 g/mol. The van der Waals surface area contributed by atoms with Gasteiger partial charge in [0.1, 0.15) is 16.9 Å². The molecule has 1 N–H and O–H groups in total. The molecule has 2 heterocycles. The zero-order valence-corrected chi connectivity index (χ0v) is 14.6. The zero-order valence-electron chi connectivity index (χ0n) is 13.0. The summed E-state index contributed by atoms with van der Waals surface area (Å²) >= 11 is 3.50. The van der Waals surface area contributed by atoms with Crippen LogP contribution in [0.2, 0.25) is 0 Å². The second kappa shape index (κ2) is 6.45. The van der Waals surface area contributed by atoms with Crippen molar-refractivity contribution in [1.82, 2.24) is 19.9 Å². The third-order valence-corrected chi connectivity index (χ3v) is 3.91. The number of rotatable bonds is 4. The van der Waals surface area contributed by atoms with Crippen molar-refractivity contribution in [3.05, 3.63) is 46.3 Å². The predicted octanol–water partition coefficient (Wildman–Crippen LogP) is 3.67. The van der Waals surface area contributed by atoms with Crippen molar-refractivity contribution in [3.63, 3.8) is 0 Å². The van der Waals surface area contributed by atoms with Crippen LogP contribution in [-0.2, 0) is 0 Å². The smallest absolute Gasteiger partial charge is 0.316 e. The Labute approximate surface area is 142 Å². The van der Waals surface area contributed by atoms with Gasteiger partial charge in [0.2, 0.25) is 0 Å². The number of benzene rings is 1. The quantitative estimate of drug-likeness (QED) is 0.751. The van der Waals surface area contributed by atoms with Crippen LogP contribution in [0.5, 0.6) is 6.01 Å². The molecule has 7 heteroatoms. The Hall–Kier alpha value is -2.28. The van der Waals surface area contributed by atoms with Gasteiger partial charge in [0.15, 0.2) is 5.82 Å². The molecule has 0 amide bonds. The molecule has 0 spiro atoms. The SMILES string of the molecule is COc1ncc2nc(C)nc(NC(C)c3cccc(Br)c3)c2n1. The summed E-state index contributed by atoms with van der Waals surface area (Å²) in [7, 11) is 1.54. The fourth-order valence-electron chi connectivity index (χ4n) is 2.29. The molecule has 118 valence electrons. The van der Waals surface area contributed by atoms with Crippen LogP contribution >= 0.6 is 15.9 Å². The minimum atomic E-state index is 0.0611. The van der Waals surface area contributed by atoms with Gasteiger partial charge < -0.3 is 10.1 Å². The fourth-order valence-corrected chi connectivity index (χ4v) is 2.71. The van der Waals surface area contributed by atoms with E-state index in [-0.39, 0.29) is 6.04 Å². The Kier molecular flexibility index (Phi) is 4.38. The van der Waals surface area contributed by atoms with Crippen LogP contribution in [0.1, 0.15) is 24.4 Å². The van der Waals surface area contributed by atoms with Crippen molar-refractivity contribution in [3.8, 4) is 6.01 Å².